The van der Waals surface area contributed by atoms with Crippen LogP contribution in [0, 0.1) is 5.92 Å². The fourth-order valence-electron chi connectivity index (χ4n) is 2.62. The topological polar surface area (TPSA) is 45.2 Å². The largest absolute Gasteiger partial charge is 0.365 e. The number of thiazole rings is 1. The summed E-state index contributed by atoms with van der Waals surface area (Å²) in [6.45, 7) is 4.68. The number of rotatable bonds is 3. The standard InChI is InChI=1S/C16H19N3OS/c1-10(2)15(20)19-7-6-12-8-11(4-5-14(12)19)13-9-21-16(17-3)18-13/h4-5,8-10H,6-7H2,1-3H3,(H,17,18). The van der Waals surface area contributed by atoms with E-state index < -0.39 is 0 Å². The van der Waals surface area contributed by atoms with Gasteiger partial charge in [-0.05, 0) is 24.1 Å². The van der Waals surface area contributed by atoms with Gasteiger partial charge in [-0.15, -0.1) is 11.3 Å². The molecule has 2 heterocycles. The van der Waals surface area contributed by atoms with Gasteiger partial charge in [0.15, 0.2) is 5.13 Å². The van der Waals surface area contributed by atoms with Crippen molar-refractivity contribution >= 4 is 28.1 Å². The zero-order valence-corrected chi connectivity index (χ0v) is 13.3. The summed E-state index contributed by atoms with van der Waals surface area (Å²) in [4.78, 5) is 18.7. The maximum absolute atomic E-state index is 12.2. The fourth-order valence-corrected chi connectivity index (χ4v) is 3.30. The minimum absolute atomic E-state index is 0.0346. The molecule has 1 aromatic carbocycles. The number of carbonyl (C=O) groups excluding carboxylic acids is 1. The first kappa shape index (κ1) is 14.1. The van der Waals surface area contributed by atoms with Crippen LogP contribution in [0.3, 0.4) is 0 Å². The van der Waals surface area contributed by atoms with Crippen LogP contribution in [0.1, 0.15) is 19.4 Å². The van der Waals surface area contributed by atoms with E-state index in [0.717, 1.165) is 35.0 Å². The van der Waals surface area contributed by atoms with Crippen LogP contribution >= 0.6 is 11.3 Å². The summed E-state index contributed by atoms with van der Waals surface area (Å²) in [6, 6.07) is 6.27. The Bertz CT molecular complexity index is 678. The van der Waals surface area contributed by atoms with Crippen molar-refractivity contribution in [1.29, 1.82) is 0 Å². The Hall–Kier alpha value is -1.88. The summed E-state index contributed by atoms with van der Waals surface area (Å²) in [5.41, 5.74) is 4.40. The summed E-state index contributed by atoms with van der Waals surface area (Å²) in [5, 5.41) is 6.03. The van der Waals surface area contributed by atoms with Crippen LogP contribution < -0.4 is 10.2 Å². The van der Waals surface area contributed by atoms with Crippen molar-refractivity contribution < 1.29 is 4.79 Å². The minimum atomic E-state index is 0.0346. The predicted molar refractivity (Wildman–Crippen MR) is 88.0 cm³/mol. The monoisotopic (exact) mass is 301 g/mol. The van der Waals surface area contributed by atoms with Crippen LogP contribution in [-0.2, 0) is 11.2 Å². The molecule has 0 bridgehead atoms. The molecule has 0 radical (unpaired) electrons. The second-order valence-corrected chi connectivity index (χ2v) is 6.38. The van der Waals surface area contributed by atoms with Crippen molar-refractivity contribution in [1.82, 2.24) is 4.98 Å². The quantitative estimate of drug-likeness (QED) is 0.945. The number of aromatic nitrogens is 1. The molecule has 5 heteroatoms. The average Bonchev–Trinajstić information content (AvgIpc) is 3.12. The van der Waals surface area contributed by atoms with E-state index in [0.29, 0.717) is 0 Å². The Morgan fingerprint density at radius 3 is 2.90 bits per heavy atom. The number of anilines is 2. The Labute approximate surface area is 128 Å². The first-order valence-corrected chi connectivity index (χ1v) is 8.06. The molecule has 0 spiro atoms. The second kappa shape index (κ2) is 5.48. The number of hydrogen-bond acceptors (Lipinski definition) is 4. The lowest BCUT2D eigenvalue weighted by Gasteiger charge is -2.19. The van der Waals surface area contributed by atoms with Crippen molar-refractivity contribution in [2.24, 2.45) is 5.92 Å². The Kier molecular flexibility index (Phi) is 3.68. The lowest BCUT2D eigenvalue weighted by Crippen LogP contribution is -2.32. The van der Waals surface area contributed by atoms with Gasteiger partial charge in [-0.25, -0.2) is 4.98 Å². The molecule has 21 heavy (non-hydrogen) atoms. The van der Waals surface area contributed by atoms with Crippen LogP contribution in [-0.4, -0.2) is 24.5 Å². The van der Waals surface area contributed by atoms with Crippen molar-refractivity contribution in [3.05, 3.63) is 29.1 Å². The highest BCUT2D eigenvalue weighted by atomic mass is 32.1. The van der Waals surface area contributed by atoms with E-state index in [1.807, 2.05) is 25.8 Å². The summed E-state index contributed by atoms with van der Waals surface area (Å²) in [5.74, 6) is 0.236. The van der Waals surface area contributed by atoms with Crippen LogP contribution in [0.4, 0.5) is 10.8 Å². The summed E-state index contributed by atoms with van der Waals surface area (Å²) >= 11 is 1.60. The Balaban J connectivity index is 1.91. The SMILES string of the molecule is CNc1nc(-c2ccc3c(c2)CCN3C(=O)C(C)C)cs1. The van der Waals surface area contributed by atoms with Crippen LogP contribution in [0.25, 0.3) is 11.3 Å². The smallest absolute Gasteiger partial charge is 0.229 e. The van der Waals surface area contributed by atoms with Crippen LogP contribution in [0.15, 0.2) is 23.6 Å². The van der Waals surface area contributed by atoms with Gasteiger partial charge in [0.1, 0.15) is 0 Å². The van der Waals surface area contributed by atoms with Gasteiger partial charge in [-0.3, -0.25) is 4.79 Å². The highest BCUT2D eigenvalue weighted by molar-refractivity contribution is 7.14. The molecule has 3 rings (SSSR count). The van der Waals surface area contributed by atoms with E-state index in [-0.39, 0.29) is 11.8 Å². The molecule has 1 aliphatic heterocycles. The zero-order valence-electron chi connectivity index (χ0n) is 12.5. The van der Waals surface area contributed by atoms with E-state index in [1.165, 1.54) is 5.56 Å². The number of nitrogens with one attached hydrogen (secondary N) is 1. The number of nitrogens with zero attached hydrogens (tertiary/aromatic N) is 2. The van der Waals surface area contributed by atoms with E-state index in [9.17, 15) is 4.79 Å². The van der Waals surface area contributed by atoms with Gasteiger partial charge in [0, 0.05) is 36.1 Å². The highest BCUT2D eigenvalue weighted by Crippen LogP contribution is 2.34. The van der Waals surface area contributed by atoms with Gasteiger partial charge in [0.05, 0.1) is 5.69 Å². The van der Waals surface area contributed by atoms with E-state index in [2.05, 4.69) is 33.9 Å². The molecule has 4 nitrogen and oxygen atoms in total. The van der Waals surface area contributed by atoms with Gasteiger partial charge >= 0.3 is 0 Å². The molecule has 0 unspecified atom stereocenters. The van der Waals surface area contributed by atoms with E-state index in [4.69, 9.17) is 0 Å². The first-order chi connectivity index (χ1) is 10.1. The summed E-state index contributed by atoms with van der Waals surface area (Å²) in [6.07, 6.45) is 0.921. The minimum Gasteiger partial charge on any atom is -0.365 e. The third-order valence-corrected chi connectivity index (χ3v) is 4.61. The second-order valence-electron chi connectivity index (χ2n) is 5.53. The zero-order chi connectivity index (χ0) is 15.0. The maximum atomic E-state index is 12.2. The van der Waals surface area contributed by atoms with Crippen molar-refractivity contribution in [2.75, 3.05) is 23.8 Å². The number of carbonyl (C=O) groups is 1. The molecule has 1 N–H and O–H groups in total. The lowest BCUT2D eigenvalue weighted by molar-refractivity contribution is -0.121. The van der Waals surface area contributed by atoms with E-state index >= 15 is 0 Å². The summed E-state index contributed by atoms with van der Waals surface area (Å²) in [7, 11) is 1.88. The molecule has 1 amide bonds. The number of hydrogen-bond donors (Lipinski definition) is 1. The van der Waals surface area contributed by atoms with Crippen molar-refractivity contribution in [3.8, 4) is 11.3 Å². The van der Waals surface area contributed by atoms with Crippen LogP contribution in [0.2, 0.25) is 0 Å². The molecule has 0 saturated carbocycles. The van der Waals surface area contributed by atoms with E-state index in [1.54, 1.807) is 11.3 Å². The molecule has 0 atom stereocenters. The summed E-state index contributed by atoms with van der Waals surface area (Å²) < 4.78 is 0. The van der Waals surface area contributed by atoms with Crippen LogP contribution in [0.5, 0.6) is 0 Å². The molecule has 0 fully saturated rings. The lowest BCUT2D eigenvalue weighted by atomic mass is 10.1. The van der Waals surface area contributed by atoms with Gasteiger partial charge < -0.3 is 10.2 Å². The third-order valence-electron chi connectivity index (χ3n) is 3.75. The van der Waals surface area contributed by atoms with Gasteiger partial charge in [0.2, 0.25) is 5.91 Å². The van der Waals surface area contributed by atoms with Gasteiger partial charge in [0.25, 0.3) is 0 Å². The number of benzene rings is 1. The normalized spacial score (nSPS) is 13.6. The Morgan fingerprint density at radius 2 is 2.24 bits per heavy atom. The van der Waals surface area contributed by atoms with Crippen molar-refractivity contribution in [3.63, 3.8) is 0 Å². The molecular formula is C16H19N3OS. The molecule has 0 aliphatic carbocycles. The number of fused-ring (bicyclic) bond motifs is 1. The predicted octanol–water partition coefficient (Wildman–Crippen LogP) is 3.40. The molecule has 2 aromatic rings. The fraction of sp³-hybridized carbons (Fsp3) is 0.375. The molecule has 1 aliphatic rings. The van der Waals surface area contributed by atoms with Gasteiger partial charge in [-0.2, -0.15) is 0 Å². The highest BCUT2D eigenvalue weighted by Gasteiger charge is 2.26. The Morgan fingerprint density at radius 1 is 1.43 bits per heavy atom. The van der Waals surface area contributed by atoms with Gasteiger partial charge in [-0.1, -0.05) is 19.9 Å². The first-order valence-electron chi connectivity index (χ1n) is 7.18. The number of amides is 1. The molecule has 1 aromatic heterocycles. The van der Waals surface area contributed by atoms with Crippen molar-refractivity contribution in [2.45, 2.75) is 20.3 Å². The molecule has 0 saturated heterocycles. The third kappa shape index (κ3) is 2.53. The maximum Gasteiger partial charge on any atom is 0.229 e. The molecule has 110 valence electrons. The average molecular weight is 301 g/mol. The molecular weight excluding hydrogens is 282 g/mol.